The van der Waals surface area contributed by atoms with Crippen molar-refractivity contribution in [3.05, 3.63) is 106 Å². The number of aliphatic hydroxyl groups is 1. The van der Waals surface area contributed by atoms with Crippen LogP contribution in [0.15, 0.2) is 104 Å². The van der Waals surface area contributed by atoms with Crippen LogP contribution in [0.1, 0.15) is 22.2 Å². The fraction of sp³-hybridized carbons (Fsp3) is 0.0400. The topological polar surface area (TPSA) is 131 Å². The lowest BCUT2D eigenvalue weighted by Gasteiger charge is -2.26. The van der Waals surface area contributed by atoms with E-state index in [1.54, 1.807) is 54.6 Å². The number of aliphatic hydroxyl groups excluding tert-OH is 1. The number of nitrogens with zero attached hydrogens (tertiary/aromatic N) is 1. The third kappa shape index (κ3) is 4.05. The SMILES string of the molecule is NS(=O)(=O)c1ccc(N2C(=O)C(O)=C(C(=O)c3cc4cc(Br)ccc4o3)C2c2ccccc2)cc1. The number of furan rings is 1. The number of halogens is 1. The molecule has 1 aliphatic rings. The summed E-state index contributed by atoms with van der Waals surface area (Å²) in [4.78, 5) is 27.9. The molecular weight excluding hydrogens is 536 g/mol. The van der Waals surface area contributed by atoms with E-state index in [4.69, 9.17) is 9.56 Å². The summed E-state index contributed by atoms with van der Waals surface area (Å²) in [6.07, 6.45) is 0. The summed E-state index contributed by atoms with van der Waals surface area (Å²) >= 11 is 3.38. The minimum Gasteiger partial charge on any atom is -0.503 e. The lowest BCUT2D eigenvalue weighted by Crippen LogP contribution is -2.31. The molecular formula is C25H17BrN2O6S. The summed E-state index contributed by atoms with van der Waals surface area (Å²) < 4.78 is 29.8. The Hall–Kier alpha value is -3.73. The zero-order valence-corrected chi connectivity index (χ0v) is 20.3. The molecule has 8 nitrogen and oxygen atoms in total. The molecule has 10 heteroatoms. The highest BCUT2D eigenvalue weighted by Crippen LogP contribution is 2.42. The number of fused-ring (bicyclic) bond motifs is 1. The second-order valence-electron chi connectivity index (χ2n) is 7.91. The number of hydrogen-bond donors (Lipinski definition) is 2. The zero-order valence-electron chi connectivity index (χ0n) is 17.9. The van der Waals surface area contributed by atoms with E-state index in [1.165, 1.54) is 29.2 Å². The molecule has 0 saturated heterocycles. The van der Waals surface area contributed by atoms with Gasteiger partial charge in [-0.3, -0.25) is 14.5 Å². The smallest absolute Gasteiger partial charge is 0.294 e. The van der Waals surface area contributed by atoms with Crippen LogP contribution in [0.4, 0.5) is 5.69 Å². The van der Waals surface area contributed by atoms with Gasteiger partial charge >= 0.3 is 0 Å². The molecule has 0 saturated carbocycles. The molecule has 0 fully saturated rings. The fourth-order valence-electron chi connectivity index (χ4n) is 4.11. The van der Waals surface area contributed by atoms with E-state index in [0.29, 0.717) is 16.5 Å². The van der Waals surface area contributed by atoms with Gasteiger partial charge in [0, 0.05) is 15.5 Å². The molecule has 3 N–H and O–H groups in total. The number of sulfonamides is 1. The van der Waals surface area contributed by atoms with Gasteiger partial charge < -0.3 is 9.52 Å². The van der Waals surface area contributed by atoms with Crippen molar-refractivity contribution in [3.8, 4) is 0 Å². The third-order valence-electron chi connectivity index (χ3n) is 5.71. The van der Waals surface area contributed by atoms with E-state index >= 15 is 0 Å². The van der Waals surface area contributed by atoms with E-state index < -0.39 is 33.5 Å². The maximum Gasteiger partial charge on any atom is 0.294 e. The summed E-state index contributed by atoms with van der Waals surface area (Å²) in [5.41, 5.74) is 1.18. The van der Waals surface area contributed by atoms with Crippen molar-refractivity contribution in [2.75, 3.05) is 4.90 Å². The van der Waals surface area contributed by atoms with Crippen molar-refractivity contribution in [1.82, 2.24) is 0 Å². The summed E-state index contributed by atoms with van der Waals surface area (Å²) in [5, 5.41) is 16.7. The molecule has 1 unspecified atom stereocenters. The molecule has 0 bridgehead atoms. The van der Waals surface area contributed by atoms with Crippen molar-refractivity contribution < 1.29 is 27.5 Å². The normalized spacial score (nSPS) is 16.3. The van der Waals surface area contributed by atoms with Gasteiger partial charge in [0.15, 0.2) is 11.5 Å². The summed E-state index contributed by atoms with van der Waals surface area (Å²) in [6, 6.07) is 19.9. The quantitative estimate of drug-likeness (QED) is 0.347. The molecule has 176 valence electrons. The monoisotopic (exact) mass is 552 g/mol. The number of benzene rings is 3. The lowest BCUT2D eigenvalue weighted by atomic mass is 9.95. The molecule has 0 spiro atoms. The van der Waals surface area contributed by atoms with Crippen LogP contribution in [-0.4, -0.2) is 25.2 Å². The number of primary sulfonamides is 1. The van der Waals surface area contributed by atoms with Crippen molar-refractivity contribution in [2.45, 2.75) is 10.9 Å². The van der Waals surface area contributed by atoms with Crippen LogP contribution in [0.5, 0.6) is 0 Å². The Morgan fingerprint density at radius 2 is 1.69 bits per heavy atom. The second kappa shape index (κ2) is 8.49. The Morgan fingerprint density at radius 1 is 1.00 bits per heavy atom. The Morgan fingerprint density at radius 3 is 2.34 bits per heavy atom. The third-order valence-corrected chi connectivity index (χ3v) is 7.14. The molecule has 1 atom stereocenters. The van der Waals surface area contributed by atoms with Gasteiger partial charge in [-0.05, 0) is 54.1 Å². The predicted octanol–water partition coefficient (Wildman–Crippen LogP) is 4.63. The molecule has 0 radical (unpaired) electrons. The number of ketones is 1. The predicted molar refractivity (Wildman–Crippen MR) is 132 cm³/mol. The highest BCUT2D eigenvalue weighted by molar-refractivity contribution is 9.10. The number of anilines is 1. The summed E-state index contributed by atoms with van der Waals surface area (Å²) in [5.74, 6) is -2.18. The van der Waals surface area contributed by atoms with Crippen molar-refractivity contribution >= 4 is 54.3 Å². The standard InChI is InChI=1S/C25H17BrN2O6S/c26-16-6-11-19-15(12-16)13-20(34-19)23(29)21-22(14-4-2-1-3-5-14)28(25(31)24(21)30)17-7-9-18(10-8-17)35(27,32)33/h1-13,22,30H,(H2,27,32,33). The average Bonchev–Trinajstić information content (AvgIpc) is 3.37. The Kier molecular flexibility index (Phi) is 5.59. The Balaban J connectivity index is 1.63. The number of rotatable bonds is 5. The van der Waals surface area contributed by atoms with Gasteiger partial charge in [-0.1, -0.05) is 46.3 Å². The van der Waals surface area contributed by atoms with E-state index in [2.05, 4.69) is 15.9 Å². The van der Waals surface area contributed by atoms with Crippen LogP contribution in [0, 0.1) is 0 Å². The number of amides is 1. The molecule has 35 heavy (non-hydrogen) atoms. The van der Waals surface area contributed by atoms with E-state index in [0.717, 1.165) is 4.47 Å². The molecule has 2 heterocycles. The van der Waals surface area contributed by atoms with Gasteiger partial charge in [0.25, 0.3) is 5.91 Å². The van der Waals surface area contributed by atoms with E-state index in [1.807, 2.05) is 0 Å². The van der Waals surface area contributed by atoms with Gasteiger partial charge in [0.1, 0.15) is 5.58 Å². The van der Waals surface area contributed by atoms with Crippen LogP contribution >= 0.6 is 15.9 Å². The van der Waals surface area contributed by atoms with Crippen LogP contribution in [0.3, 0.4) is 0 Å². The molecule has 1 aromatic heterocycles. The number of carbonyl (C=O) groups excluding carboxylic acids is 2. The minimum atomic E-state index is -3.94. The summed E-state index contributed by atoms with van der Waals surface area (Å²) in [6.45, 7) is 0. The first-order valence-electron chi connectivity index (χ1n) is 10.3. The molecule has 3 aromatic carbocycles. The highest BCUT2D eigenvalue weighted by atomic mass is 79.9. The van der Waals surface area contributed by atoms with Crippen LogP contribution in [0.25, 0.3) is 11.0 Å². The van der Waals surface area contributed by atoms with Crippen LogP contribution in [0.2, 0.25) is 0 Å². The maximum atomic E-state index is 13.6. The summed E-state index contributed by atoms with van der Waals surface area (Å²) in [7, 11) is -3.94. The number of carbonyl (C=O) groups is 2. The molecule has 5 rings (SSSR count). The molecule has 1 aliphatic heterocycles. The van der Waals surface area contributed by atoms with Gasteiger partial charge in [-0.15, -0.1) is 0 Å². The highest BCUT2D eigenvalue weighted by Gasteiger charge is 2.45. The molecule has 0 aliphatic carbocycles. The Bertz CT molecular complexity index is 1630. The van der Waals surface area contributed by atoms with Crippen molar-refractivity contribution in [2.24, 2.45) is 5.14 Å². The number of hydrogen-bond acceptors (Lipinski definition) is 6. The maximum absolute atomic E-state index is 13.6. The first-order chi connectivity index (χ1) is 16.6. The van der Waals surface area contributed by atoms with Crippen LogP contribution < -0.4 is 10.0 Å². The largest absolute Gasteiger partial charge is 0.503 e. The van der Waals surface area contributed by atoms with Gasteiger partial charge in [-0.25, -0.2) is 13.6 Å². The fourth-order valence-corrected chi connectivity index (χ4v) is 5.00. The first-order valence-corrected chi connectivity index (χ1v) is 12.7. The van der Waals surface area contributed by atoms with Gasteiger partial charge in [0.2, 0.25) is 15.8 Å². The average molecular weight is 553 g/mol. The number of nitrogens with two attached hydrogens (primary N) is 1. The van der Waals surface area contributed by atoms with Gasteiger partial charge in [0.05, 0.1) is 16.5 Å². The molecule has 4 aromatic rings. The zero-order chi connectivity index (χ0) is 24.9. The molecule has 1 amide bonds. The van der Waals surface area contributed by atoms with Crippen molar-refractivity contribution in [3.63, 3.8) is 0 Å². The van der Waals surface area contributed by atoms with E-state index in [-0.39, 0.29) is 21.9 Å². The first kappa shape index (κ1) is 23.0. The van der Waals surface area contributed by atoms with Crippen LogP contribution in [-0.2, 0) is 14.8 Å². The Labute approximate surface area is 208 Å². The second-order valence-corrected chi connectivity index (χ2v) is 10.4. The van der Waals surface area contributed by atoms with Gasteiger partial charge in [-0.2, -0.15) is 0 Å². The lowest BCUT2D eigenvalue weighted by molar-refractivity contribution is -0.117. The van der Waals surface area contributed by atoms with E-state index in [9.17, 15) is 23.1 Å². The minimum absolute atomic E-state index is 0.0280. The van der Waals surface area contributed by atoms with Crippen molar-refractivity contribution in [1.29, 1.82) is 0 Å². The number of Topliss-reactive ketones (excluding diaryl/α,β-unsaturated/α-hetero) is 1.